The van der Waals surface area contributed by atoms with Gasteiger partial charge in [-0.1, -0.05) is 17.7 Å². The summed E-state index contributed by atoms with van der Waals surface area (Å²) < 4.78 is 0. The van der Waals surface area contributed by atoms with Crippen molar-refractivity contribution in [1.82, 2.24) is 4.98 Å². The van der Waals surface area contributed by atoms with Crippen LogP contribution in [0, 0.1) is 6.92 Å². The number of anilines is 1. The molecule has 1 heterocycles. The molecule has 2 N–H and O–H groups in total. The lowest BCUT2D eigenvalue weighted by atomic mass is 9.96. The molecule has 0 bridgehead atoms. The van der Waals surface area contributed by atoms with Crippen LogP contribution in [0.3, 0.4) is 0 Å². The van der Waals surface area contributed by atoms with Crippen molar-refractivity contribution >= 4 is 17.7 Å². The van der Waals surface area contributed by atoms with E-state index >= 15 is 0 Å². The zero-order valence-electron chi connectivity index (χ0n) is 12.9. The van der Waals surface area contributed by atoms with Crippen LogP contribution in [0.5, 0.6) is 0 Å². The molecule has 3 rings (SSSR count). The minimum absolute atomic E-state index is 0.000426. The highest BCUT2D eigenvalue weighted by atomic mass is 16.4. The largest absolute Gasteiger partial charge is 0.478 e. The maximum Gasteiger partial charge on any atom is 0.336 e. The van der Waals surface area contributed by atoms with E-state index in [1.165, 1.54) is 24.1 Å². The average Bonchev–Trinajstić information content (AvgIpc) is 2.54. The van der Waals surface area contributed by atoms with Gasteiger partial charge in [-0.3, -0.25) is 4.79 Å². The summed E-state index contributed by atoms with van der Waals surface area (Å²) in [6.45, 7) is 1.79. The van der Waals surface area contributed by atoms with E-state index < -0.39 is 11.9 Å². The smallest absolute Gasteiger partial charge is 0.336 e. The third-order valence-electron chi connectivity index (χ3n) is 4.07. The third kappa shape index (κ3) is 3.23. The van der Waals surface area contributed by atoms with Crippen molar-refractivity contribution in [2.75, 3.05) is 5.32 Å². The Morgan fingerprint density at radius 3 is 2.65 bits per heavy atom. The van der Waals surface area contributed by atoms with Crippen LogP contribution in [0.25, 0.3) is 0 Å². The summed E-state index contributed by atoms with van der Waals surface area (Å²) in [5.41, 5.74) is 3.20. The molecule has 118 valence electrons. The van der Waals surface area contributed by atoms with Crippen LogP contribution in [0.4, 0.5) is 5.82 Å². The summed E-state index contributed by atoms with van der Waals surface area (Å²) in [5, 5.41) is 12.0. The van der Waals surface area contributed by atoms with Crippen molar-refractivity contribution in [3.63, 3.8) is 0 Å². The molecule has 0 radical (unpaired) electrons. The van der Waals surface area contributed by atoms with Crippen molar-refractivity contribution in [3.8, 4) is 0 Å². The predicted octanol–water partition coefficient (Wildman–Crippen LogP) is 3.22. The first kappa shape index (κ1) is 15.2. The first-order chi connectivity index (χ1) is 11.0. The van der Waals surface area contributed by atoms with E-state index in [1.54, 1.807) is 19.1 Å². The summed E-state index contributed by atoms with van der Waals surface area (Å²) in [6.07, 6.45) is 4.23. The number of fused-ring (bicyclic) bond motifs is 1. The Labute approximate surface area is 134 Å². The zero-order valence-corrected chi connectivity index (χ0v) is 12.9. The number of pyridine rings is 1. The number of hydrogen-bond donors (Lipinski definition) is 2. The molecule has 0 aliphatic heterocycles. The number of aryl methyl sites for hydroxylation is 3. The molecule has 0 atom stereocenters. The van der Waals surface area contributed by atoms with Gasteiger partial charge in [0.2, 0.25) is 0 Å². The Balaban J connectivity index is 1.86. The summed E-state index contributed by atoms with van der Waals surface area (Å²) >= 11 is 0. The Bertz CT molecular complexity index is 784. The highest BCUT2D eigenvalue weighted by molar-refractivity contribution is 6.10. The van der Waals surface area contributed by atoms with E-state index in [1.807, 2.05) is 6.07 Å². The van der Waals surface area contributed by atoms with E-state index in [4.69, 9.17) is 0 Å². The zero-order chi connectivity index (χ0) is 16.4. The summed E-state index contributed by atoms with van der Waals surface area (Å²) in [6, 6.07) is 8.52. The first-order valence-corrected chi connectivity index (χ1v) is 7.68. The van der Waals surface area contributed by atoms with E-state index in [0.717, 1.165) is 30.5 Å². The van der Waals surface area contributed by atoms with Crippen LogP contribution in [0.1, 0.15) is 50.4 Å². The number of carboxylic acids is 1. The molecule has 0 unspecified atom stereocenters. The second kappa shape index (κ2) is 6.20. The fourth-order valence-electron chi connectivity index (χ4n) is 2.87. The van der Waals surface area contributed by atoms with Crippen molar-refractivity contribution in [2.24, 2.45) is 0 Å². The van der Waals surface area contributed by atoms with Gasteiger partial charge in [0.25, 0.3) is 5.91 Å². The topological polar surface area (TPSA) is 79.3 Å². The van der Waals surface area contributed by atoms with E-state index in [0.29, 0.717) is 5.82 Å². The summed E-state index contributed by atoms with van der Waals surface area (Å²) in [7, 11) is 0. The van der Waals surface area contributed by atoms with Crippen molar-refractivity contribution in [3.05, 3.63) is 58.3 Å². The fourth-order valence-corrected chi connectivity index (χ4v) is 2.87. The number of carboxylic acid groups (broad SMARTS) is 1. The molecule has 0 saturated heterocycles. The van der Waals surface area contributed by atoms with Crippen LogP contribution >= 0.6 is 0 Å². The number of aromatic carboxylic acids is 1. The van der Waals surface area contributed by atoms with Crippen molar-refractivity contribution in [2.45, 2.75) is 32.6 Å². The number of amides is 1. The van der Waals surface area contributed by atoms with Gasteiger partial charge in [-0.2, -0.15) is 0 Å². The van der Waals surface area contributed by atoms with Crippen molar-refractivity contribution in [1.29, 1.82) is 0 Å². The second-order valence-corrected chi connectivity index (χ2v) is 5.82. The van der Waals surface area contributed by atoms with E-state index in [2.05, 4.69) is 10.3 Å². The number of benzene rings is 1. The monoisotopic (exact) mass is 310 g/mol. The minimum atomic E-state index is -1.11. The molecule has 0 spiro atoms. The summed E-state index contributed by atoms with van der Waals surface area (Å²) in [4.78, 5) is 28.2. The average molecular weight is 310 g/mol. The molecule has 0 saturated carbocycles. The van der Waals surface area contributed by atoms with Gasteiger partial charge in [-0.15, -0.1) is 0 Å². The van der Waals surface area contributed by atoms with Gasteiger partial charge in [0.1, 0.15) is 5.82 Å². The summed E-state index contributed by atoms with van der Waals surface area (Å²) in [5.74, 6) is -1.10. The van der Waals surface area contributed by atoms with Crippen LogP contribution in [0.2, 0.25) is 0 Å². The first-order valence-electron chi connectivity index (χ1n) is 7.68. The lowest BCUT2D eigenvalue weighted by Crippen LogP contribution is -2.18. The SMILES string of the molecule is Cc1ccc(C(=O)Nc2ccc3c(n2)CCCC3)c(C(=O)O)c1. The lowest BCUT2D eigenvalue weighted by Gasteiger charge is -2.16. The number of nitrogens with one attached hydrogen (secondary N) is 1. The van der Waals surface area contributed by atoms with Gasteiger partial charge in [-0.05, 0) is 56.4 Å². The Kier molecular flexibility index (Phi) is 4.10. The molecule has 2 aromatic rings. The predicted molar refractivity (Wildman–Crippen MR) is 87.0 cm³/mol. The van der Waals surface area contributed by atoms with Gasteiger partial charge in [0.05, 0.1) is 11.1 Å². The normalized spacial score (nSPS) is 13.3. The number of carbonyl (C=O) groups is 2. The molecular weight excluding hydrogens is 292 g/mol. The van der Waals surface area contributed by atoms with Crippen LogP contribution < -0.4 is 5.32 Å². The number of hydrogen-bond acceptors (Lipinski definition) is 3. The van der Waals surface area contributed by atoms with Gasteiger partial charge in [0, 0.05) is 5.69 Å². The van der Waals surface area contributed by atoms with Crippen LogP contribution in [-0.2, 0) is 12.8 Å². The van der Waals surface area contributed by atoms with E-state index in [9.17, 15) is 14.7 Å². The van der Waals surface area contributed by atoms with Gasteiger partial charge in [-0.25, -0.2) is 9.78 Å². The fraction of sp³-hybridized carbons (Fsp3) is 0.278. The molecule has 23 heavy (non-hydrogen) atoms. The quantitative estimate of drug-likeness (QED) is 0.912. The molecule has 1 aliphatic carbocycles. The van der Waals surface area contributed by atoms with Gasteiger partial charge >= 0.3 is 5.97 Å². The highest BCUT2D eigenvalue weighted by Crippen LogP contribution is 2.21. The number of nitrogens with zero attached hydrogens (tertiary/aromatic N) is 1. The maximum atomic E-state index is 12.4. The molecule has 1 aliphatic rings. The molecular formula is C18H18N2O3. The third-order valence-corrected chi connectivity index (χ3v) is 4.07. The van der Waals surface area contributed by atoms with Gasteiger partial charge in [0.15, 0.2) is 0 Å². The number of carbonyl (C=O) groups excluding carboxylic acids is 1. The second-order valence-electron chi connectivity index (χ2n) is 5.82. The maximum absolute atomic E-state index is 12.4. The number of rotatable bonds is 3. The molecule has 5 heteroatoms. The lowest BCUT2D eigenvalue weighted by molar-refractivity contribution is 0.0692. The highest BCUT2D eigenvalue weighted by Gasteiger charge is 2.18. The van der Waals surface area contributed by atoms with E-state index in [-0.39, 0.29) is 11.1 Å². The standard InChI is InChI=1S/C18H18N2O3/c1-11-6-8-13(14(10-11)18(22)23)17(21)20-16-9-7-12-4-2-3-5-15(12)19-16/h6-10H,2-5H2,1H3,(H,22,23)(H,19,20,21). The van der Waals surface area contributed by atoms with Crippen LogP contribution in [-0.4, -0.2) is 22.0 Å². The molecule has 1 amide bonds. The Hall–Kier alpha value is -2.69. The molecule has 1 aromatic carbocycles. The molecule has 5 nitrogen and oxygen atoms in total. The Morgan fingerprint density at radius 1 is 1.09 bits per heavy atom. The molecule has 0 fully saturated rings. The van der Waals surface area contributed by atoms with Crippen molar-refractivity contribution < 1.29 is 14.7 Å². The number of aromatic nitrogens is 1. The molecule has 1 aromatic heterocycles. The van der Waals surface area contributed by atoms with Gasteiger partial charge < -0.3 is 10.4 Å². The Morgan fingerprint density at radius 2 is 1.87 bits per heavy atom. The minimum Gasteiger partial charge on any atom is -0.478 e. The van der Waals surface area contributed by atoms with Crippen LogP contribution in [0.15, 0.2) is 30.3 Å².